The Bertz CT molecular complexity index is 869. The van der Waals surface area contributed by atoms with Crippen molar-refractivity contribution in [3.05, 3.63) is 56.7 Å². The van der Waals surface area contributed by atoms with Crippen molar-refractivity contribution in [3.63, 3.8) is 0 Å². The fourth-order valence-corrected chi connectivity index (χ4v) is 2.91. The van der Waals surface area contributed by atoms with Gasteiger partial charge in [0, 0.05) is 14.8 Å². The first kappa shape index (κ1) is 18.8. The number of hydrogen-bond donors (Lipinski definition) is 1. The van der Waals surface area contributed by atoms with Crippen LogP contribution in [0.2, 0.25) is 0 Å². The molecule has 0 unspecified atom stereocenters. The summed E-state index contributed by atoms with van der Waals surface area (Å²) in [4.78, 5) is 12.4. The van der Waals surface area contributed by atoms with Crippen LogP contribution in [0.3, 0.4) is 0 Å². The van der Waals surface area contributed by atoms with Crippen molar-refractivity contribution in [2.45, 2.75) is 6.92 Å². The van der Waals surface area contributed by atoms with Crippen molar-refractivity contribution >= 4 is 40.3 Å². The van der Waals surface area contributed by atoms with Gasteiger partial charge in [-0.15, -0.1) is 0 Å². The van der Waals surface area contributed by atoms with Crippen LogP contribution in [-0.4, -0.2) is 20.1 Å². The van der Waals surface area contributed by atoms with Gasteiger partial charge in [0.25, 0.3) is 5.91 Å². The van der Waals surface area contributed by atoms with Crippen LogP contribution in [0.15, 0.2) is 42.0 Å². The molecular formula is C19H17IN2O3. The SMILES string of the molecule is COc1cc(I)cc(/C=C(/C#N)C(=O)Nc2cccc(C)c2)c1OC. The molecule has 1 N–H and O–H groups in total. The Morgan fingerprint density at radius 1 is 1.24 bits per heavy atom. The summed E-state index contributed by atoms with van der Waals surface area (Å²) in [5.74, 6) is 0.532. The van der Waals surface area contributed by atoms with E-state index in [2.05, 4.69) is 27.9 Å². The number of nitriles is 1. The smallest absolute Gasteiger partial charge is 0.266 e. The van der Waals surface area contributed by atoms with E-state index in [9.17, 15) is 10.1 Å². The van der Waals surface area contributed by atoms with Gasteiger partial charge in [0.2, 0.25) is 0 Å². The molecule has 0 fully saturated rings. The topological polar surface area (TPSA) is 71.3 Å². The fourth-order valence-electron chi connectivity index (χ4n) is 2.29. The Morgan fingerprint density at radius 3 is 2.60 bits per heavy atom. The maximum Gasteiger partial charge on any atom is 0.266 e. The average molecular weight is 448 g/mol. The zero-order valence-electron chi connectivity index (χ0n) is 14.1. The van der Waals surface area contributed by atoms with E-state index in [1.807, 2.05) is 43.3 Å². The van der Waals surface area contributed by atoms with Gasteiger partial charge in [-0.3, -0.25) is 4.79 Å². The van der Waals surface area contributed by atoms with E-state index in [1.54, 1.807) is 6.07 Å². The van der Waals surface area contributed by atoms with Gasteiger partial charge in [-0.25, -0.2) is 0 Å². The van der Waals surface area contributed by atoms with Gasteiger partial charge in [-0.1, -0.05) is 12.1 Å². The molecule has 128 valence electrons. The zero-order valence-corrected chi connectivity index (χ0v) is 16.2. The first-order chi connectivity index (χ1) is 12.0. The van der Waals surface area contributed by atoms with E-state index in [4.69, 9.17) is 9.47 Å². The summed E-state index contributed by atoms with van der Waals surface area (Å²) in [7, 11) is 3.05. The number of benzene rings is 2. The van der Waals surface area contributed by atoms with Gasteiger partial charge in [0.05, 0.1) is 14.2 Å². The van der Waals surface area contributed by atoms with Crippen LogP contribution in [0.4, 0.5) is 5.69 Å². The third-order valence-corrected chi connectivity index (χ3v) is 4.04. The van der Waals surface area contributed by atoms with Crippen LogP contribution in [0, 0.1) is 21.8 Å². The van der Waals surface area contributed by atoms with Gasteiger partial charge in [0.1, 0.15) is 11.6 Å². The van der Waals surface area contributed by atoms with Crippen LogP contribution in [0.25, 0.3) is 6.08 Å². The maximum atomic E-state index is 12.4. The molecule has 25 heavy (non-hydrogen) atoms. The highest BCUT2D eigenvalue weighted by atomic mass is 127. The number of aryl methyl sites for hydroxylation is 1. The molecule has 0 saturated heterocycles. The Kier molecular flexibility index (Phi) is 6.42. The summed E-state index contributed by atoms with van der Waals surface area (Å²) in [5.41, 5.74) is 2.23. The highest BCUT2D eigenvalue weighted by Gasteiger charge is 2.14. The predicted molar refractivity (Wildman–Crippen MR) is 106 cm³/mol. The number of carbonyl (C=O) groups excluding carboxylic acids is 1. The first-order valence-corrected chi connectivity index (χ1v) is 8.47. The van der Waals surface area contributed by atoms with Crippen LogP contribution >= 0.6 is 22.6 Å². The number of nitrogens with one attached hydrogen (secondary N) is 1. The normalized spacial score (nSPS) is 10.8. The molecule has 0 spiro atoms. The van der Waals surface area contributed by atoms with Crippen LogP contribution in [-0.2, 0) is 4.79 Å². The van der Waals surface area contributed by atoms with Crippen molar-refractivity contribution in [2.24, 2.45) is 0 Å². The molecule has 0 bridgehead atoms. The summed E-state index contributed by atoms with van der Waals surface area (Å²) in [6.45, 7) is 1.93. The average Bonchev–Trinajstić information content (AvgIpc) is 2.58. The first-order valence-electron chi connectivity index (χ1n) is 7.39. The summed E-state index contributed by atoms with van der Waals surface area (Å²) in [5, 5.41) is 12.1. The van der Waals surface area contributed by atoms with Crippen molar-refractivity contribution in [1.82, 2.24) is 0 Å². The molecule has 0 aliphatic rings. The number of halogens is 1. The Morgan fingerprint density at radius 2 is 2.00 bits per heavy atom. The number of amides is 1. The minimum absolute atomic E-state index is 0.0242. The molecule has 6 heteroatoms. The Labute approximate surface area is 160 Å². The van der Waals surface area contributed by atoms with Crippen LogP contribution in [0.5, 0.6) is 11.5 Å². The molecule has 5 nitrogen and oxygen atoms in total. The molecule has 2 aromatic carbocycles. The lowest BCUT2D eigenvalue weighted by Crippen LogP contribution is -2.13. The number of hydrogen-bond acceptors (Lipinski definition) is 4. The lowest BCUT2D eigenvalue weighted by atomic mass is 10.1. The van der Waals surface area contributed by atoms with E-state index in [0.29, 0.717) is 22.7 Å². The van der Waals surface area contributed by atoms with E-state index in [1.165, 1.54) is 20.3 Å². The molecule has 0 atom stereocenters. The second kappa shape index (κ2) is 8.53. The number of anilines is 1. The van der Waals surface area contributed by atoms with Crippen molar-refractivity contribution in [3.8, 4) is 17.6 Å². The maximum absolute atomic E-state index is 12.4. The molecule has 2 rings (SSSR count). The molecule has 0 aliphatic heterocycles. The predicted octanol–water partition coefficient (Wildman–Crippen LogP) is 4.16. The minimum Gasteiger partial charge on any atom is -0.493 e. The molecular weight excluding hydrogens is 431 g/mol. The highest BCUT2D eigenvalue weighted by Crippen LogP contribution is 2.34. The largest absolute Gasteiger partial charge is 0.493 e. The van der Waals surface area contributed by atoms with E-state index in [-0.39, 0.29) is 5.57 Å². The number of rotatable bonds is 5. The number of methoxy groups -OCH3 is 2. The van der Waals surface area contributed by atoms with Gasteiger partial charge in [-0.2, -0.15) is 5.26 Å². The fraction of sp³-hybridized carbons (Fsp3) is 0.158. The molecule has 0 aliphatic carbocycles. The van der Waals surface area contributed by atoms with Gasteiger partial charge in [0.15, 0.2) is 11.5 Å². The molecule has 0 aromatic heterocycles. The zero-order chi connectivity index (χ0) is 18.4. The number of carbonyl (C=O) groups is 1. The number of ether oxygens (including phenoxy) is 2. The lowest BCUT2D eigenvalue weighted by Gasteiger charge is -2.12. The van der Waals surface area contributed by atoms with Crippen molar-refractivity contribution in [1.29, 1.82) is 5.26 Å². The second-order valence-corrected chi connectivity index (χ2v) is 6.47. The summed E-state index contributed by atoms with van der Waals surface area (Å²) >= 11 is 2.14. The van der Waals surface area contributed by atoms with E-state index >= 15 is 0 Å². The summed E-state index contributed by atoms with van der Waals surface area (Å²) < 4.78 is 11.6. The summed E-state index contributed by atoms with van der Waals surface area (Å²) in [6, 6.07) is 13.0. The quantitative estimate of drug-likeness (QED) is 0.424. The molecule has 0 heterocycles. The van der Waals surface area contributed by atoms with Gasteiger partial charge < -0.3 is 14.8 Å². The Hall–Kier alpha value is -2.53. The molecule has 0 saturated carbocycles. The van der Waals surface area contributed by atoms with E-state index in [0.717, 1.165) is 9.13 Å². The molecule has 0 radical (unpaired) electrons. The van der Waals surface area contributed by atoms with Crippen LogP contribution in [0.1, 0.15) is 11.1 Å². The van der Waals surface area contributed by atoms with Crippen LogP contribution < -0.4 is 14.8 Å². The third kappa shape index (κ3) is 4.73. The summed E-state index contributed by atoms with van der Waals surface area (Å²) in [6.07, 6.45) is 1.49. The third-order valence-electron chi connectivity index (χ3n) is 3.41. The lowest BCUT2D eigenvalue weighted by molar-refractivity contribution is -0.112. The minimum atomic E-state index is -0.479. The monoisotopic (exact) mass is 448 g/mol. The second-order valence-electron chi connectivity index (χ2n) is 5.22. The van der Waals surface area contributed by atoms with E-state index < -0.39 is 5.91 Å². The van der Waals surface area contributed by atoms with Crippen molar-refractivity contribution in [2.75, 3.05) is 19.5 Å². The van der Waals surface area contributed by atoms with Crippen molar-refractivity contribution < 1.29 is 14.3 Å². The molecule has 1 amide bonds. The highest BCUT2D eigenvalue weighted by molar-refractivity contribution is 14.1. The molecule has 2 aromatic rings. The number of nitrogens with zero attached hydrogens (tertiary/aromatic N) is 1. The van der Waals surface area contributed by atoms with Gasteiger partial charge in [-0.05, 0) is 65.4 Å². The standard InChI is InChI=1S/C19H17IN2O3/c1-12-5-4-6-16(7-12)22-19(23)14(11-21)8-13-9-15(20)10-17(24-2)18(13)25-3/h4-10H,1-3H3,(H,22,23)/b14-8-. The Balaban J connectivity index is 2.39. The van der Waals surface area contributed by atoms with Gasteiger partial charge >= 0.3 is 0 Å².